The molecule has 1 unspecified atom stereocenters. The van der Waals surface area contributed by atoms with Crippen LogP contribution in [-0.4, -0.2) is 30.3 Å². The highest BCUT2D eigenvalue weighted by atomic mass is 19.4. The average Bonchev–Trinajstić information content (AvgIpc) is 2.01. The minimum atomic E-state index is -4.63. The standard InChI is InChI=1S/C8H13F3N2O/c1-6-3-2-4-13(5-6)7(14)12-8(9,10)11/h6H,2-5H2,1H3,(H,12,14). The van der Waals surface area contributed by atoms with Gasteiger partial charge in [-0.2, -0.15) is 13.2 Å². The topological polar surface area (TPSA) is 32.3 Å². The molecular formula is C8H13F3N2O. The molecule has 1 rings (SSSR count). The third-order valence-corrected chi connectivity index (χ3v) is 2.19. The van der Waals surface area contributed by atoms with Gasteiger partial charge in [0.25, 0.3) is 0 Å². The van der Waals surface area contributed by atoms with E-state index >= 15 is 0 Å². The molecule has 2 amide bonds. The van der Waals surface area contributed by atoms with Crippen LogP contribution in [0.3, 0.4) is 0 Å². The third-order valence-electron chi connectivity index (χ3n) is 2.19. The Morgan fingerprint density at radius 3 is 2.64 bits per heavy atom. The zero-order valence-electron chi connectivity index (χ0n) is 7.90. The number of carbonyl (C=O) groups is 1. The van der Waals surface area contributed by atoms with Crippen molar-refractivity contribution in [3.63, 3.8) is 0 Å². The van der Waals surface area contributed by atoms with Gasteiger partial charge in [0.2, 0.25) is 0 Å². The van der Waals surface area contributed by atoms with Gasteiger partial charge in [-0.3, -0.25) is 0 Å². The summed E-state index contributed by atoms with van der Waals surface area (Å²) in [4.78, 5) is 12.3. The second-order valence-electron chi connectivity index (χ2n) is 3.62. The first-order chi connectivity index (χ1) is 6.38. The van der Waals surface area contributed by atoms with E-state index in [0.29, 0.717) is 13.1 Å². The van der Waals surface area contributed by atoms with E-state index < -0.39 is 12.3 Å². The first-order valence-corrected chi connectivity index (χ1v) is 4.52. The molecule has 1 fully saturated rings. The van der Waals surface area contributed by atoms with E-state index in [2.05, 4.69) is 0 Å². The Balaban J connectivity index is 2.44. The lowest BCUT2D eigenvalue weighted by Gasteiger charge is -2.31. The summed E-state index contributed by atoms with van der Waals surface area (Å²) in [7, 11) is 0. The van der Waals surface area contributed by atoms with Crippen LogP contribution in [0.4, 0.5) is 18.0 Å². The fourth-order valence-corrected chi connectivity index (χ4v) is 1.57. The van der Waals surface area contributed by atoms with Crippen molar-refractivity contribution >= 4 is 6.03 Å². The van der Waals surface area contributed by atoms with Gasteiger partial charge in [0.1, 0.15) is 0 Å². The molecule has 0 bridgehead atoms. The number of carbonyl (C=O) groups excluding carboxylic acids is 1. The smallest absolute Gasteiger partial charge is 0.324 e. The molecule has 0 spiro atoms. The summed E-state index contributed by atoms with van der Waals surface area (Å²) in [5.41, 5.74) is 0. The maximum Gasteiger partial charge on any atom is 0.485 e. The summed E-state index contributed by atoms with van der Waals surface area (Å²) in [6.45, 7) is 2.74. The first-order valence-electron chi connectivity index (χ1n) is 4.52. The second-order valence-corrected chi connectivity index (χ2v) is 3.62. The van der Waals surface area contributed by atoms with E-state index in [1.165, 1.54) is 4.90 Å². The molecule has 82 valence electrons. The largest absolute Gasteiger partial charge is 0.485 e. The van der Waals surface area contributed by atoms with Gasteiger partial charge in [-0.25, -0.2) is 10.1 Å². The van der Waals surface area contributed by atoms with Gasteiger partial charge in [0.15, 0.2) is 0 Å². The van der Waals surface area contributed by atoms with Crippen LogP contribution in [0.15, 0.2) is 0 Å². The van der Waals surface area contributed by atoms with Gasteiger partial charge in [-0.15, -0.1) is 0 Å². The molecule has 0 saturated carbocycles. The summed E-state index contributed by atoms with van der Waals surface area (Å²) in [6, 6.07) is -1.04. The lowest BCUT2D eigenvalue weighted by Crippen LogP contribution is -2.49. The number of likely N-dealkylation sites (tertiary alicyclic amines) is 1. The Hall–Kier alpha value is -0.940. The van der Waals surface area contributed by atoms with Gasteiger partial charge in [0, 0.05) is 13.1 Å². The Bertz CT molecular complexity index is 217. The second kappa shape index (κ2) is 4.06. The minimum absolute atomic E-state index is 0.280. The molecule has 1 heterocycles. The number of alkyl halides is 3. The first kappa shape index (κ1) is 11.1. The Morgan fingerprint density at radius 2 is 2.14 bits per heavy atom. The molecule has 1 aliphatic heterocycles. The Labute approximate surface area is 80.3 Å². The van der Waals surface area contributed by atoms with Gasteiger partial charge in [-0.05, 0) is 18.8 Å². The molecule has 0 aliphatic carbocycles. The fraction of sp³-hybridized carbons (Fsp3) is 0.875. The number of rotatable bonds is 0. The monoisotopic (exact) mass is 210 g/mol. The van der Waals surface area contributed by atoms with E-state index in [4.69, 9.17) is 0 Å². The van der Waals surface area contributed by atoms with Gasteiger partial charge in [0.05, 0.1) is 0 Å². The van der Waals surface area contributed by atoms with Crippen LogP contribution >= 0.6 is 0 Å². The normalized spacial score (nSPS) is 23.4. The highest BCUT2D eigenvalue weighted by molar-refractivity contribution is 5.74. The summed E-state index contributed by atoms with van der Waals surface area (Å²) in [6.07, 6.45) is -2.89. The molecule has 0 aromatic carbocycles. The van der Waals surface area contributed by atoms with Gasteiger partial charge < -0.3 is 4.90 Å². The average molecular weight is 210 g/mol. The molecule has 0 aromatic heterocycles. The van der Waals surface area contributed by atoms with E-state index in [0.717, 1.165) is 18.2 Å². The molecule has 1 aliphatic rings. The molecule has 1 atom stereocenters. The van der Waals surface area contributed by atoms with Crippen LogP contribution in [-0.2, 0) is 0 Å². The van der Waals surface area contributed by atoms with Crippen LogP contribution in [0.5, 0.6) is 0 Å². The SMILES string of the molecule is CC1CCCN(C(=O)NC(F)(F)F)C1. The highest BCUT2D eigenvalue weighted by Crippen LogP contribution is 2.17. The molecule has 1 saturated heterocycles. The van der Waals surface area contributed by atoms with Crippen LogP contribution in [0.1, 0.15) is 19.8 Å². The fourth-order valence-electron chi connectivity index (χ4n) is 1.57. The predicted octanol–water partition coefficient (Wildman–Crippen LogP) is 1.95. The van der Waals surface area contributed by atoms with Gasteiger partial charge in [-0.1, -0.05) is 6.92 Å². The number of urea groups is 1. The minimum Gasteiger partial charge on any atom is -0.324 e. The van der Waals surface area contributed by atoms with Crippen LogP contribution in [0.25, 0.3) is 0 Å². The number of hydrogen-bond donors (Lipinski definition) is 1. The quantitative estimate of drug-likeness (QED) is 0.609. The molecule has 3 nitrogen and oxygen atoms in total. The molecular weight excluding hydrogens is 197 g/mol. The van der Waals surface area contributed by atoms with Crippen LogP contribution in [0, 0.1) is 5.92 Å². The molecule has 0 radical (unpaired) electrons. The van der Waals surface area contributed by atoms with Crippen molar-refractivity contribution in [3.8, 4) is 0 Å². The van der Waals surface area contributed by atoms with E-state index in [1.54, 1.807) is 0 Å². The number of amides is 2. The summed E-state index contributed by atoms with van der Waals surface area (Å²) < 4.78 is 35.4. The zero-order chi connectivity index (χ0) is 10.8. The van der Waals surface area contributed by atoms with Crippen molar-refractivity contribution in [1.82, 2.24) is 10.2 Å². The van der Waals surface area contributed by atoms with Crippen molar-refractivity contribution in [1.29, 1.82) is 0 Å². The van der Waals surface area contributed by atoms with Crippen LogP contribution in [0.2, 0.25) is 0 Å². The van der Waals surface area contributed by atoms with E-state index in [-0.39, 0.29) is 5.92 Å². The van der Waals surface area contributed by atoms with E-state index in [9.17, 15) is 18.0 Å². The number of piperidine rings is 1. The maximum atomic E-state index is 11.8. The van der Waals surface area contributed by atoms with Crippen molar-refractivity contribution in [2.75, 3.05) is 13.1 Å². The molecule has 14 heavy (non-hydrogen) atoms. The predicted molar refractivity (Wildman–Crippen MR) is 44.6 cm³/mol. The van der Waals surface area contributed by atoms with Crippen molar-refractivity contribution < 1.29 is 18.0 Å². The lowest BCUT2D eigenvalue weighted by atomic mass is 10.0. The van der Waals surface area contributed by atoms with Gasteiger partial charge >= 0.3 is 12.3 Å². The summed E-state index contributed by atoms with van der Waals surface area (Å²) >= 11 is 0. The molecule has 6 heteroatoms. The Morgan fingerprint density at radius 1 is 1.50 bits per heavy atom. The van der Waals surface area contributed by atoms with Crippen molar-refractivity contribution in [3.05, 3.63) is 0 Å². The highest BCUT2D eigenvalue weighted by Gasteiger charge is 2.33. The third kappa shape index (κ3) is 3.43. The maximum absolute atomic E-state index is 11.8. The van der Waals surface area contributed by atoms with Crippen molar-refractivity contribution in [2.24, 2.45) is 5.92 Å². The number of nitrogens with one attached hydrogen (secondary N) is 1. The number of nitrogens with zero attached hydrogens (tertiary/aromatic N) is 1. The molecule has 1 N–H and O–H groups in total. The Kier molecular flexibility index (Phi) is 3.23. The van der Waals surface area contributed by atoms with Crippen LogP contribution < -0.4 is 5.32 Å². The summed E-state index contributed by atoms with van der Waals surface area (Å²) in [5, 5.41) is 0.996. The summed E-state index contributed by atoms with van der Waals surface area (Å²) in [5.74, 6) is 0.280. The number of halogens is 3. The lowest BCUT2D eigenvalue weighted by molar-refractivity contribution is -0.147. The molecule has 0 aromatic rings. The van der Waals surface area contributed by atoms with E-state index in [1.807, 2.05) is 6.92 Å². The van der Waals surface area contributed by atoms with Crippen molar-refractivity contribution in [2.45, 2.75) is 26.1 Å². The zero-order valence-corrected chi connectivity index (χ0v) is 7.90. The number of hydrogen-bond acceptors (Lipinski definition) is 1.